The monoisotopic (exact) mass is 212 g/mol. The lowest BCUT2D eigenvalue weighted by Crippen LogP contribution is -1.80. The highest BCUT2D eigenvalue weighted by molar-refractivity contribution is 5.87. The van der Waals surface area contributed by atoms with E-state index in [0.717, 1.165) is 5.57 Å². The van der Waals surface area contributed by atoms with E-state index in [1.54, 1.807) is 13.0 Å². The molecule has 0 aromatic carbocycles. The van der Waals surface area contributed by atoms with Crippen LogP contribution in [0.3, 0.4) is 0 Å². The molecule has 15 heavy (non-hydrogen) atoms. The van der Waals surface area contributed by atoms with Gasteiger partial charge in [0.25, 0.3) is 0 Å². The zero-order valence-corrected chi connectivity index (χ0v) is 11.1. The molecule has 0 fully saturated rings. The van der Waals surface area contributed by atoms with E-state index in [2.05, 4.69) is 6.58 Å². The lowest BCUT2D eigenvalue weighted by molar-refractivity contribution is -0.115. The van der Waals surface area contributed by atoms with Gasteiger partial charge in [-0.2, -0.15) is 0 Å². The van der Waals surface area contributed by atoms with Gasteiger partial charge in [-0.1, -0.05) is 11.1 Å². The standard InChI is InChI=1S/C6H10O.C4H8.C3H6O/c1-5(2)4-6(3)7;1-4(2)3;1-3(2)4/h4H,1-3H3;1H2,2-3H3;1-2H3. The summed E-state index contributed by atoms with van der Waals surface area (Å²) in [5, 5.41) is 0. The first-order valence-electron chi connectivity index (χ1n) is 4.84. The second-order valence-electron chi connectivity index (χ2n) is 3.95. The van der Waals surface area contributed by atoms with Crippen molar-refractivity contribution in [2.45, 2.75) is 48.5 Å². The molecule has 0 radical (unpaired) electrons. The Kier molecular flexibility index (Phi) is 16.6. The first kappa shape index (κ1) is 19.4. The van der Waals surface area contributed by atoms with Gasteiger partial charge in [-0.05, 0) is 54.5 Å². The fourth-order valence-corrected chi connectivity index (χ4v) is 0.407. The molecule has 88 valence electrons. The van der Waals surface area contributed by atoms with Crippen LogP contribution in [0.4, 0.5) is 0 Å². The average molecular weight is 212 g/mol. The van der Waals surface area contributed by atoms with Crippen molar-refractivity contribution in [2.75, 3.05) is 0 Å². The summed E-state index contributed by atoms with van der Waals surface area (Å²) in [6.07, 6.45) is 1.61. The molecule has 0 atom stereocenters. The number of hydrogen-bond donors (Lipinski definition) is 0. The molecular formula is C13H24O2. The predicted octanol–water partition coefficient (Wildman–Crippen LogP) is 3.72. The number of rotatable bonds is 1. The van der Waals surface area contributed by atoms with Gasteiger partial charge in [0.15, 0.2) is 5.78 Å². The van der Waals surface area contributed by atoms with Crippen molar-refractivity contribution < 1.29 is 9.59 Å². The predicted molar refractivity (Wildman–Crippen MR) is 67.0 cm³/mol. The number of hydrogen-bond acceptors (Lipinski definition) is 2. The molecule has 0 heterocycles. The van der Waals surface area contributed by atoms with Crippen molar-refractivity contribution in [1.29, 1.82) is 0 Å². The van der Waals surface area contributed by atoms with Crippen molar-refractivity contribution in [3.8, 4) is 0 Å². The van der Waals surface area contributed by atoms with E-state index in [1.165, 1.54) is 19.4 Å². The Morgan fingerprint density at radius 2 is 1.07 bits per heavy atom. The smallest absolute Gasteiger partial charge is 0.152 e. The fraction of sp³-hybridized carbons (Fsp3) is 0.538. The van der Waals surface area contributed by atoms with Crippen LogP contribution in [0, 0.1) is 0 Å². The molecule has 2 heteroatoms. The highest BCUT2D eigenvalue weighted by Crippen LogP contribution is 1.86. The van der Waals surface area contributed by atoms with Crippen LogP contribution in [0.5, 0.6) is 0 Å². The molecule has 0 saturated carbocycles. The van der Waals surface area contributed by atoms with E-state index in [1.807, 2.05) is 27.7 Å². The SMILES string of the molecule is C=C(C)C.CC(=O)C=C(C)C.CC(C)=O. The first-order chi connectivity index (χ1) is 6.59. The molecule has 0 spiro atoms. The Labute approximate surface area is 94.1 Å². The van der Waals surface area contributed by atoms with Gasteiger partial charge in [0, 0.05) is 0 Å². The van der Waals surface area contributed by atoms with E-state index in [4.69, 9.17) is 0 Å². The van der Waals surface area contributed by atoms with Crippen molar-refractivity contribution in [1.82, 2.24) is 0 Å². The normalized spacial score (nSPS) is 7.13. The minimum absolute atomic E-state index is 0.125. The lowest BCUT2D eigenvalue weighted by atomic mass is 10.3. The molecule has 0 rings (SSSR count). The van der Waals surface area contributed by atoms with Crippen LogP contribution in [-0.4, -0.2) is 11.6 Å². The average Bonchev–Trinajstić information content (AvgIpc) is 1.78. The van der Waals surface area contributed by atoms with Crippen LogP contribution < -0.4 is 0 Å². The Balaban J connectivity index is -0.000000155. The maximum absolute atomic E-state index is 10.2. The molecule has 2 nitrogen and oxygen atoms in total. The fourth-order valence-electron chi connectivity index (χ4n) is 0.407. The number of ketones is 2. The van der Waals surface area contributed by atoms with Crippen LogP contribution >= 0.6 is 0 Å². The van der Waals surface area contributed by atoms with Gasteiger partial charge in [0.2, 0.25) is 0 Å². The van der Waals surface area contributed by atoms with Crippen LogP contribution in [0.1, 0.15) is 48.5 Å². The van der Waals surface area contributed by atoms with E-state index < -0.39 is 0 Å². The lowest BCUT2D eigenvalue weighted by Gasteiger charge is -1.80. The minimum atomic E-state index is 0.125. The molecule has 0 saturated heterocycles. The van der Waals surface area contributed by atoms with E-state index in [0.29, 0.717) is 0 Å². The van der Waals surface area contributed by atoms with Crippen molar-refractivity contribution in [3.05, 3.63) is 23.8 Å². The second kappa shape index (κ2) is 12.8. The zero-order valence-electron chi connectivity index (χ0n) is 11.1. The third kappa shape index (κ3) is 189. The Bertz CT molecular complexity index is 211. The Morgan fingerprint density at radius 3 is 1.07 bits per heavy atom. The van der Waals surface area contributed by atoms with Crippen LogP contribution in [0.15, 0.2) is 23.8 Å². The van der Waals surface area contributed by atoms with Gasteiger partial charge < -0.3 is 4.79 Å². The number of carbonyl (C=O) groups excluding carboxylic acids is 2. The van der Waals surface area contributed by atoms with E-state index in [-0.39, 0.29) is 11.6 Å². The largest absolute Gasteiger partial charge is 0.300 e. The van der Waals surface area contributed by atoms with E-state index in [9.17, 15) is 9.59 Å². The molecular weight excluding hydrogens is 188 g/mol. The van der Waals surface area contributed by atoms with Crippen molar-refractivity contribution in [2.24, 2.45) is 0 Å². The first-order valence-corrected chi connectivity index (χ1v) is 4.84. The topological polar surface area (TPSA) is 34.1 Å². The molecule has 0 unspecified atom stereocenters. The molecule has 0 bridgehead atoms. The summed E-state index contributed by atoms with van der Waals surface area (Å²) in [5.74, 6) is 0.292. The number of Topliss-reactive ketones (excluding diaryl/α,β-unsaturated/α-hetero) is 1. The van der Waals surface area contributed by atoms with Gasteiger partial charge in [0.1, 0.15) is 5.78 Å². The molecule has 0 aromatic rings. The summed E-state index contributed by atoms with van der Waals surface area (Å²) >= 11 is 0. The van der Waals surface area contributed by atoms with Crippen LogP contribution in [-0.2, 0) is 9.59 Å². The molecule has 0 aromatic heterocycles. The summed E-state index contributed by atoms with van der Waals surface area (Å²) in [6, 6.07) is 0. The van der Waals surface area contributed by atoms with Gasteiger partial charge in [-0.3, -0.25) is 4.79 Å². The summed E-state index contributed by atoms with van der Waals surface area (Å²) in [7, 11) is 0. The minimum Gasteiger partial charge on any atom is -0.300 e. The molecule has 0 aliphatic carbocycles. The number of allylic oxidation sites excluding steroid dienone is 3. The quantitative estimate of drug-likeness (QED) is 0.490. The molecule has 0 aliphatic heterocycles. The molecule has 0 N–H and O–H groups in total. The molecule has 0 aliphatic rings. The van der Waals surface area contributed by atoms with Gasteiger partial charge >= 0.3 is 0 Å². The maximum Gasteiger partial charge on any atom is 0.152 e. The Hall–Kier alpha value is -1.18. The third-order valence-corrected chi connectivity index (χ3v) is 0.492. The highest BCUT2D eigenvalue weighted by Gasteiger charge is 1.80. The van der Waals surface area contributed by atoms with E-state index >= 15 is 0 Å². The molecule has 0 amide bonds. The van der Waals surface area contributed by atoms with Crippen molar-refractivity contribution >= 4 is 11.6 Å². The third-order valence-electron chi connectivity index (χ3n) is 0.492. The van der Waals surface area contributed by atoms with Gasteiger partial charge in [-0.25, -0.2) is 0 Å². The second-order valence-corrected chi connectivity index (χ2v) is 3.95. The summed E-state index contributed by atoms with van der Waals surface area (Å²) in [6.45, 7) is 15.9. The van der Waals surface area contributed by atoms with Gasteiger partial charge in [0.05, 0.1) is 0 Å². The summed E-state index contributed by atoms with van der Waals surface area (Å²) < 4.78 is 0. The van der Waals surface area contributed by atoms with Crippen LogP contribution in [0.2, 0.25) is 0 Å². The number of carbonyl (C=O) groups is 2. The van der Waals surface area contributed by atoms with Crippen molar-refractivity contribution in [3.63, 3.8) is 0 Å². The van der Waals surface area contributed by atoms with Gasteiger partial charge in [-0.15, -0.1) is 6.58 Å². The zero-order chi connectivity index (χ0) is 13.0. The summed E-state index contributed by atoms with van der Waals surface area (Å²) in [4.78, 5) is 19.6. The Morgan fingerprint density at radius 1 is 0.867 bits per heavy atom. The van der Waals surface area contributed by atoms with Crippen LogP contribution in [0.25, 0.3) is 0 Å². The highest BCUT2D eigenvalue weighted by atomic mass is 16.1. The maximum atomic E-state index is 10.2. The summed E-state index contributed by atoms with van der Waals surface area (Å²) in [5.41, 5.74) is 2.23.